The van der Waals surface area contributed by atoms with Crippen molar-refractivity contribution in [2.45, 2.75) is 18.8 Å². The van der Waals surface area contributed by atoms with Crippen LogP contribution in [0.5, 0.6) is 5.75 Å². The predicted molar refractivity (Wildman–Crippen MR) is 64.1 cm³/mol. The second-order valence-electron chi connectivity index (χ2n) is 4.13. The minimum atomic E-state index is -0.767. The first kappa shape index (κ1) is 11.9. The quantitative estimate of drug-likeness (QED) is 0.824. The minimum Gasteiger partial charge on any atom is -0.496 e. The van der Waals surface area contributed by atoms with E-state index in [1.807, 2.05) is 0 Å². The lowest BCUT2D eigenvalue weighted by Crippen LogP contribution is -2.13. The van der Waals surface area contributed by atoms with Gasteiger partial charge < -0.3 is 4.74 Å². The zero-order chi connectivity index (χ0) is 12.4. The highest BCUT2D eigenvalue weighted by atomic mass is 35.5. The summed E-state index contributed by atoms with van der Waals surface area (Å²) < 4.78 is 5.17. The highest BCUT2D eigenvalue weighted by Gasteiger charge is 2.36. The Labute approximate surface area is 105 Å². The van der Waals surface area contributed by atoms with E-state index in [0.717, 1.165) is 12.8 Å². The summed E-state index contributed by atoms with van der Waals surface area (Å²) in [5.41, 5.74) is 0.569. The third-order valence-electron chi connectivity index (χ3n) is 2.90. The number of carbonyl (C=O) groups excluding carboxylic acids is 1. The molecule has 1 saturated carbocycles. The number of ether oxygens (including phenoxy) is 1. The molecule has 1 atom stereocenters. The van der Waals surface area contributed by atoms with E-state index in [-0.39, 0.29) is 11.7 Å². The van der Waals surface area contributed by atoms with Gasteiger partial charge in [-0.25, -0.2) is 0 Å². The molecule has 1 aliphatic carbocycles. The van der Waals surface area contributed by atoms with Gasteiger partial charge in [0.1, 0.15) is 11.7 Å². The molecule has 1 fully saturated rings. The van der Waals surface area contributed by atoms with Crippen LogP contribution in [-0.4, -0.2) is 12.9 Å². The van der Waals surface area contributed by atoms with E-state index in [1.165, 1.54) is 7.11 Å². The molecule has 1 aliphatic rings. The van der Waals surface area contributed by atoms with Gasteiger partial charge >= 0.3 is 0 Å². The van der Waals surface area contributed by atoms with Crippen LogP contribution in [0, 0.1) is 17.2 Å². The zero-order valence-electron chi connectivity index (χ0n) is 9.44. The number of Topliss-reactive ketones (excluding diaryl/α,β-unsaturated/α-hetero) is 1. The number of halogens is 1. The Hall–Kier alpha value is -1.53. The van der Waals surface area contributed by atoms with Crippen LogP contribution in [-0.2, 0) is 4.79 Å². The molecular formula is C13H12ClNO2. The number of carbonyl (C=O) groups is 1. The zero-order valence-corrected chi connectivity index (χ0v) is 10.2. The molecule has 3 nitrogen and oxygen atoms in total. The summed E-state index contributed by atoms with van der Waals surface area (Å²) in [7, 11) is 1.52. The van der Waals surface area contributed by atoms with Gasteiger partial charge in [-0.3, -0.25) is 4.79 Å². The Morgan fingerprint density at radius 3 is 2.82 bits per heavy atom. The van der Waals surface area contributed by atoms with Crippen molar-refractivity contribution in [3.63, 3.8) is 0 Å². The fourth-order valence-electron chi connectivity index (χ4n) is 1.82. The van der Waals surface area contributed by atoms with E-state index in [4.69, 9.17) is 21.6 Å². The number of methoxy groups -OCH3 is 1. The van der Waals surface area contributed by atoms with Crippen molar-refractivity contribution in [2.75, 3.05) is 7.11 Å². The third-order valence-corrected chi connectivity index (χ3v) is 3.13. The van der Waals surface area contributed by atoms with Gasteiger partial charge in [-0.15, -0.1) is 0 Å². The molecule has 0 heterocycles. The molecule has 1 unspecified atom stereocenters. The summed E-state index contributed by atoms with van der Waals surface area (Å²) in [6.07, 6.45) is 1.78. The van der Waals surface area contributed by atoms with Gasteiger partial charge in [-0.1, -0.05) is 11.6 Å². The van der Waals surface area contributed by atoms with Crippen LogP contribution in [0.3, 0.4) is 0 Å². The summed E-state index contributed by atoms with van der Waals surface area (Å²) in [5.74, 6) is -0.206. The maximum absolute atomic E-state index is 12.0. The molecule has 0 amide bonds. The molecular weight excluding hydrogens is 238 g/mol. The van der Waals surface area contributed by atoms with Crippen LogP contribution in [0.1, 0.15) is 24.3 Å². The molecule has 88 valence electrons. The monoisotopic (exact) mass is 249 g/mol. The molecule has 17 heavy (non-hydrogen) atoms. The fourth-order valence-corrected chi connectivity index (χ4v) is 2.00. The van der Waals surface area contributed by atoms with Gasteiger partial charge in [0.05, 0.1) is 13.2 Å². The molecule has 0 radical (unpaired) electrons. The molecule has 2 rings (SSSR count). The Morgan fingerprint density at radius 1 is 1.59 bits per heavy atom. The van der Waals surface area contributed by atoms with Crippen LogP contribution in [0.4, 0.5) is 0 Å². The number of nitriles is 1. The molecule has 0 saturated heterocycles. The lowest BCUT2D eigenvalue weighted by Gasteiger charge is -2.12. The predicted octanol–water partition coefficient (Wildman–Crippen LogP) is 2.93. The van der Waals surface area contributed by atoms with E-state index in [1.54, 1.807) is 18.2 Å². The first-order valence-corrected chi connectivity index (χ1v) is 5.82. The second kappa shape index (κ2) is 4.77. The normalized spacial score (nSPS) is 16.1. The summed E-state index contributed by atoms with van der Waals surface area (Å²) in [6.45, 7) is 0. The van der Waals surface area contributed by atoms with Gasteiger partial charge in [0.15, 0.2) is 5.78 Å². The standard InChI is InChI=1S/C13H12ClNO2/c1-17-12-5-4-9(14)6-10(12)11(7-15)13(16)8-2-3-8/h4-6,8,11H,2-3H2,1H3. The van der Waals surface area contributed by atoms with Gasteiger partial charge in [-0.05, 0) is 31.0 Å². The Morgan fingerprint density at radius 2 is 2.29 bits per heavy atom. The highest BCUT2D eigenvalue weighted by Crippen LogP contribution is 2.38. The first-order chi connectivity index (χ1) is 8.17. The topological polar surface area (TPSA) is 50.1 Å². The number of benzene rings is 1. The highest BCUT2D eigenvalue weighted by molar-refractivity contribution is 6.30. The molecule has 1 aromatic rings. The number of ketones is 1. The molecule has 0 spiro atoms. The lowest BCUT2D eigenvalue weighted by molar-refractivity contribution is -0.120. The van der Waals surface area contributed by atoms with E-state index >= 15 is 0 Å². The number of hydrogen-bond donors (Lipinski definition) is 0. The maximum atomic E-state index is 12.0. The van der Waals surface area contributed by atoms with Crippen molar-refractivity contribution in [3.05, 3.63) is 28.8 Å². The van der Waals surface area contributed by atoms with Gasteiger partial charge in [-0.2, -0.15) is 5.26 Å². The molecule has 4 heteroatoms. The van der Waals surface area contributed by atoms with Gasteiger partial charge in [0, 0.05) is 16.5 Å². The third kappa shape index (κ3) is 2.42. The van der Waals surface area contributed by atoms with E-state index in [0.29, 0.717) is 16.3 Å². The Balaban J connectivity index is 2.39. The molecule has 0 bridgehead atoms. The molecule has 1 aromatic carbocycles. The summed E-state index contributed by atoms with van der Waals surface area (Å²) >= 11 is 5.90. The largest absolute Gasteiger partial charge is 0.496 e. The van der Waals surface area contributed by atoms with Crippen molar-refractivity contribution < 1.29 is 9.53 Å². The van der Waals surface area contributed by atoms with Crippen LogP contribution in [0.15, 0.2) is 18.2 Å². The SMILES string of the molecule is COc1ccc(Cl)cc1C(C#N)C(=O)C1CC1. The van der Waals surface area contributed by atoms with E-state index in [2.05, 4.69) is 6.07 Å². The Bertz CT molecular complexity index is 489. The smallest absolute Gasteiger partial charge is 0.157 e. The van der Waals surface area contributed by atoms with Crippen LogP contribution in [0.25, 0.3) is 0 Å². The number of hydrogen-bond acceptors (Lipinski definition) is 3. The Kier molecular flexibility index (Phi) is 3.35. The molecule has 0 aliphatic heterocycles. The van der Waals surface area contributed by atoms with Crippen molar-refractivity contribution in [2.24, 2.45) is 5.92 Å². The summed E-state index contributed by atoms with van der Waals surface area (Å²) in [5, 5.41) is 9.67. The van der Waals surface area contributed by atoms with Crippen molar-refractivity contribution in [1.82, 2.24) is 0 Å². The van der Waals surface area contributed by atoms with E-state index < -0.39 is 5.92 Å². The lowest BCUT2D eigenvalue weighted by atomic mass is 9.93. The van der Waals surface area contributed by atoms with Gasteiger partial charge in [0.2, 0.25) is 0 Å². The van der Waals surface area contributed by atoms with Crippen molar-refractivity contribution in [1.29, 1.82) is 5.26 Å². The number of nitrogens with zero attached hydrogens (tertiary/aromatic N) is 1. The average molecular weight is 250 g/mol. The fraction of sp³-hybridized carbons (Fsp3) is 0.385. The van der Waals surface area contributed by atoms with Crippen molar-refractivity contribution in [3.8, 4) is 11.8 Å². The van der Waals surface area contributed by atoms with Crippen LogP contribution >= 0.6 is 11.6 Å². The number of rotatable bonds is 4. The minimum absolute atomic E-state index is 0.0203. The van der Waals surface area contributed by atoms with Crippen LogP contribution < -0.4 is 4.74 Å². The molecule has 0 N–H and O–H groups in total. The summed E-state index contributed by atoms with van der Waals surface area (Å²) in [4.78, 5) is 12.0. The second-order valence-corrected chi connectivity index (χ2v) is 4.56. The molecule has 0 aromatic heterocycles. The first-order valence-electron chi connectivity index (χ1n) is 5.44. The van der Waals surface area contributed by atoms with E-state index in [9.17, 15) is 4.79 Å². The summed E-state index contributed by atoms with van der Waals surface area (Å²) in [6, 6.07) is 7.05. The maximum Gasteiger partial charge on any atom is 0.157 e. The average Bonchev–Trinajstić information content (AvgIpc) is 3.14. The van der Waals surface area contributed by atoms with Crippen molar-refractivity contribution >= 4 is 17.4 Å². The van der Waals surface area contributed by atoms with Gasteiger partial charge in [0.25, 0.3) is 0 Å². The van der Waals surface area contributed by atoms with Crippen LogP contribution in [0.2, 0.25) is 5.02 Å².